The van der Waals surface area contributed by atoms with Crippen molar-refractivity contribution in [3.05, 3.63) is 54.9 Å². The van der Waals surface area contributed by atoms with Gasteiger partial charge in [-0.15, -0.1) is 0 Å². The van der Waals surface area contributed by atoms with Crippen LogP contribution in [0.3, 0.4) is 0 Å². The molecule has 13 heteroatoms. The molecule has 0 unspecified atom stereocenters. The third-order valence-corrected chi connectivity index (χ3v) is 10.2. The van der Waals surface area contributed by atoms with Crippen LogP contribution in [0.2, 0.25) is 0 Å². The van der Waals surface area contributed by atoms with E-state index in [1.165, 1.54) is 19.4 Å². The van der Waals surface area contributed by atoms with Crippen molar-refractivity contribution in [1.82, 2.24) is 19.9 Å². The Kier molecular flexibility index (Phi) is 8.18. The summed E-state index contributed by atoms with van der Waals surface area (Å²) >= 11 is 0. The van der Waals surface area contributed by atoms with Crippen LogP contribution in [0.15, 0.2) is 49.3 Å². The fraction of sp³-hybridized carbons (Fsp3) is 0.484. The molecule has 3 saturated heterocycles. The van der Waals surface area contributed by atoms with E-state index in [0.717, 1.165) is 22.0 Å². The first-order chi connectivity index (χ1) is 21.0. The monoisotopic (exact) mass is 623 g/mol. The van der Waals surface area contributed by atoms with Crippen molar-refractivity contribution >= 4 is 49.8 Å². The summed E-state index contributed by atoms with van der Waals surface area (Å²) in [4.78, 5) is 31.7. The van der Waals surface area contributed by atoms with Gasteiger partial charge in [0, 0.05) is 80.9 Å². The Bertz CT molecular complexity index is 1680. The minimum absolute atomic E-state index is 0.0679. The molecule has 44 heavy (non-hydrogen) atoms. The lowest BCUT2D eigenvalue weighted by atomic mass is 9.85. The number of pyridine rings is 1. The summed E-state index contributed by atoms with van der Waals surface area (Å²) in [5, 5.41) is 5.27. The Morgan fingerprint density at radius 3 is 2.64 bits per heavy atom. The number of aromatic nitrogens is 3. The first-order valence-electron chi connectivity index (χ1n) is 14.8. The summed E-state index contributed by atoms with van der Waals surface area (Å²) in [5.41, 5.74) is 2.12. The Morgan fingerprint density at radius 2 is 1.95 bits per heavy atom. The molecule has 0 spiro atoms. The van der Waals surface area contributed by atoms with Gasteiger partial charge in [-0.1, -0.05) is 12.6 Å². The highest BCUT2D eigenvalue weighted by molar-refractivity contribution is 7.90. The van der Waals surface area contributed by atoms with Gasteiger partial charge in [-0.25, -0.2) is 22.8 Å². The van der Waals surface area contributed by atoms with Crippen molar-refractivity contribution in [3.63, 3.8) is 0 Å². The molecule has 2 aromatic heterocycles. The van der Waals surface area contributed by atoms with E-state index in [-0.39, 0.29) is 36.1 Å². The number of nitrogens with zero attached hydrogens (tertiary/aromatic N) is 6. The van der Waals surface area contributed by atoms with Crippen molar-refractivity contribution in [2.75, 3.05) is 67.0 Å². The summed E-state index contributed by atoms with van der Waals surface area (Å²) in [6.07, 6.45) is 5.11. The lowest BCUT2D eigenvalue weighted by molar-refractivity contribution is -0.130. The number of hydrogen-bond donors (Lipinski definition) is 1. The van der Waals surface area contributed by atoms with Crippen molar-refractivity contribution in [2.45, 2.75) is 37.6 Å². The molecule has 5 heterocycles. The van der Waals surface area contributed by atoms with Crippen LogP contribution in [0.1, 0.15) is 24.8 Å². The zero-order chi connectivity index (χ0) is 31.2. The second kappa shape index (κ2) is 11.9. The number of fused-ring (bicyclic) bond motifs is 1. The molecule has 0 saturated carbocycles. The molecule has 3 fully saturated rings. The standard InChI is InChI=1S/C31H38FN7O4S/c1-5-30(40)38-14-20(15-38)22-6-7-26(39-16-21(19(39)2)18-44(4,41)42)24-13-34-29(12-23(22)24)35-28-8-10-33-31(36-28)37-11-9-27(43-3)25(32)17-37/h5-8,10,12-13,19-21,25,27H,1,9,11,14-18H2,2-4H3,(H,33,34,35,36)/t19-,21-,25+,27-/m1/s1. The second-order valence-corrected chi connectivity index (χ2v) is 14.3. The third kappa shape index (κ3) is 5.94. The first-order valence-corrected chi connectivity index (χ1v) is 16.9. The Labute approximate surface area is 257 Å². The Balaban J connectivity index is 1.28. The molecular weight excluding hydrogens is 585 g/mol. The number of amides is 1. The number of nitrogens with one attached hydrogen (secondary N) is 1. The maximum Gasteiger partial charge on any atom is 0.245 e. The van der Waals surface area contributed by atoms with Gasteiger partial charge in [0.05, 0.1) is 18.4 Å². The van der Waals surface area contributed by atoms with E-state index in [9.17, 15) is 17.6 Å². The van der Waals surface area contributed by atoms with E-state index in [1.807, 2.05) is 17.2 Å². The van der Waals surface area contributed by atoms with Gasteiger partial charge >= 0.3 is 0 Å². The maximum absolute atomic E-state index is 14.5. The van der Waals surface area contributed by atoms with Gasteiger partial charge in [0.25, 0.3) is 0 Å². The molecule has 11 nitrogen and oxygen atoms in total. The molecule has 3 aliphatic rings. The molecule has 6 rings (SSSR count). The molecule has 0 aliphatic carbocycles. The predicted molar refractivity (Wildman–Crippen MR) is 169 cm³/mol. The zero-order valence-corrected chi connectivity index (χ0v) is 26.0. The quantitative estimate of drug-likeness (QED) is 0.356. The minimum Gasteiger partial charge on any atom is -0.378 e. The highest BCUT2D eigenvalue weighted by Gasteiger charge is 2.39. The van der Waals surface area contributed by atoms with E-state index in [1.54, 1.807) is 17.2 Å². The number of benzene rings is 1. The van der Waals surface area contributed by atoms with Crippen LogP contribution < -0.4 is 15.1 Å². The van der Waals surface area contributed by atoms with Gasteiger partial charge < -0.3 is 24.8 Å². The first kappa shape index (κ1) is 30.2. The summed E-state index contributed by atoms with van der Waals surface area (Å²) in [6.45, 7) is 8.27. The van der Waals surface area contributed by atoms with Crippen LogP contribution in [0, 0.1) is 5.92 Å². The van der Waals surface area contributed by atoms with E-state index in [2.05, 4.69) is 45.8 Å². The summed E-state index contributed by atoms with van der Waals surface area (Å²) in [7, 11) is -1.54. The van der Waals surface area contributed by atoms with Crippen LogP contribution in [0.25, 0.3) is 10.8 Å². The van der Waals surface area contributed by atoms with E-state index >= 15 is 0 Å². The number of hydrogen-bond acceptors (Lipinski definition) is 10. The number of carbonyl (C=O) groups excluding carboxylic acids is 1. The fourth-order valence-corrected chi connectivity index (χ4v) is 7.69. The van der Waals surface area contributed by atoms with E-state index in [4.69, 9.17) is 9.72 Å². The minimum atomic E-state index is -3.07. The largest absolute Gasteiger partial charge is 0.378 e. The molecule has 3 aliphatic heterocycles. The van der Waals surface area contributed by atoms with Crippen LogP contribution in [-0.2, 0) is 19.4 Å². The summed E-state index contributed by atoms with van der Waals surface area (Å²) in [5.74, 6) is 1.88. The maximum atomic E-state index is 14.5. The van der Waals surface area contributed by atoms with Gasteiger partial charge in [0.15, 0.2) is 0 Å². The highest BCUT2D eigenvalue weighted by atomic mass is 32.2. The lowest BCUT2D eigenvalue weighted by Crippen LogP contribution is -2.57. The molecule has 3 aromatic rings. The van der Waals surface area contributed by atoms with Crippen molar-refractivity contribution in [2.24, 2.45) is 5.92 Å². The van der Waals surface area contributed by atoms with E-state index < -0.39 is 22.1 Å². The van der Waals surface area contributed by atoms with Crippen LogP contribution >= 0.6 is 0 Å². The van der Waals surface area contributed by atoms with Gasteiger partial charge in [-0.05, 0) is 48.6 Å². The number of likely N-dealkylation sites (tertiary alicyclic amines) is 1. The van der Waals surface area contributed by atoms with E-state index in [0.29, 0.717) is 50.2 Å². The van der Waals surface area contributed by atoms with Crippen molar-refractivity contribution < 1.29 is 22.3 Å². The highest BCUT2D eigenvalue weighted by Crippen LogP contribution is 2.41. The number of anilines is 4. The zero-order valence-electron chi connectivity index (χ0n) is 25.2. The van der Waals surface area contributed by atoms with Crippen molar-refractivity contribution in [1.29, 1.82) is 0 Å². The number of rotatable bonds is 9. The van der Waals surface area contributed by atoms with Crippen LogP contribution in [-0.4, -0.2) is 104 Å². The smallest absolute Gasteiger partial charge is 0.245 e. The van der Waals surface area contributed by atoms with Gasteiger partial charge in [-0.3, -0.25) is 4.79 Å². The SMILES string of the molecule is C=CC(=O)N1CC(c2ccc(N3C[C@H](CS(C)(=O)=O)[C@H]3C)c3cnc(Nc4ccnc(N5CC[C@@H](OC)[C@@H](F)C5)n4)cc23)C1. The Morgan fingerprint density at radius 1 is 1.16 bits per heavy atom. The third-order valence-electron chi connectivity index (χ3n) is 9.12. The van der Waals surface area contributed by atoms with Gasteiger partial charge in [-0.2, -0.15) is 4.98 Å². The van der Waals surface area contributed by atoms with Crippen LogP contribution in [0.4, 0.5) is 27.7 Å². The number of ether oxygens (including phenoxy) is 1. The Hall–Kier alpha value is -3.84. The fourth-order valence-electron chi connectivity index (χ4n) is 6.52. The second-order valence-electron chi connectivity index (χ2n) is 12.1. The molecule has 234 valence electrons. The molecular formula is C31H38FN7O4S. The number of methoxy groups -OCH3 is 1. The van der Waals surface area contributed by atoms with Crippen LogP contribution in [0.5, 0.6) is 0 Å². The summed E-state index contributed by atoms with van der Waals surface area (Å²) < 4.78 is 43.6. The average molecular weight is 624 g/mol. The molecule has 0 bridgehead atoms. The average Bonchev–Trinajstić information content (AvgIpc) is 2.98. The number of piperidine rings is 1. The number of alkyl halides is 1. The topological polar surface area (TPSA) is 121 Å². The lowest BCUT2D eigenvalue weighted by Gasteiger charge is -2.48. The number of sulfone groups is 1. The molecule has 4 atom stereocenters. The van der Waals surface area contributed by atoms with Gasteiger partial charge in [0.2, 0.25) is 11.9 Å². The number of halogens is 1. The van der Waals surface area contributed by atoms with Crippen molar-refractivity contribution in [3.8, 4) is 0 Å². The molecule has 1 amide bonds. The summed E-state index contributed by atoms with van der Waals surface area (Å²) in [6, 6.07) is 8.00. The van der Waals surface area contributed by atoms with Gasteiger partial charge in [0.1, 0.15) is 27.6 Å². The normalized spacial score (nSPS) is 24.1. The number of carbonyl (C=O) groups is 1. The molecule has 1 aromatic carbocycles. The predicted octanol–water partition coefficient (Wildman–Crippen LogP) is 3.31. The molecule has 0 radical (unpaired) electrons. The molecule has 1 N–H and O–H groups in total.